The van der Waals surface area contributed by atoms with Crippen LogP contribution in [-0.4, -0.2) is 43.7 Å². The predicted molar refractivity (Wildman–Crippen MR) is 101 cm³/mol. The van der Waals surface area contributed by atoms with Crippen LogP contribution in [0.5, 0.6) is 0 Å². The summed E-state index contributed by atoms with van der Waals surface area (Å²) in [5.41, 5.74) is -0.333. The van der Waals surface area contributed by atoms with Crippen LogP contribution in [0.2, 0.25) is 0 Å². The van der Waals surface area contributed by atoms with Crippen LogP contribution >= 0.6 is 0 Å². The lowest BCUT2D eigenvalue weighted by molar-refractivity contribution is -0.136. The van der Waals surface area contributed by atoms with E-state index in [1.54, 1.807) is 18.2 Å². The average molecular weight is 423 g/mol. The van der Waals surface area contributed by atoms with Crippen molar-refractivity contribution >= 4 is 27.5 Å². The third-order valence-electron chi connectivity index (χ3n) is 4.56. The van der Waals surface area contributed by atoms with Gasteiger partial charge in [-0.05, 0) is 37.1 Å². The van der Waals surface area contributed by atoms with E-state index in [0.717, 1.165) is 12.1 Å². The third-order valence-corrected chi connectivity index (χ3v) is 6.52. The van der Waals surface area contributed by atoms with Gasteiger partial charge in [-0.15, -0.1) is 0 Å². The normalized spacial score (nSPS) is 17.1. The second-order valence-corrected chi connectivity index (χ2v) is 8.40. The number of amides is 2. The van der Waals surface area contributed by atoms with Gasteiger partial charge in [0.2, 0.25) is 10.0 Å². The molecule has 1 fully saturated rings. The van der Waals surface area contributed by atoms with E-state index in [0.29, 0.717) is 25.5 Å². The Kier molecular flexibility index (Phi) is 6.23. The number of benzene rings is 2. The number of nitrogens with zero attached hydrogens (tertiary/aromatic N) is 1. The van der Waals surface area contributed by atoms with E-state index in [-0.39, 0.29) is 17.1 Å². The average Bonchev–Trinajstić information content (AvgIpc) is 3.18. The Morgan fingerprint density at radius 3 is 2.48 bits per heavy atom. The highest BCUT2D eigenvalue weighted by molar-refractivity contribution is 7.89. The van der Waals surface area contributed by atoms with Gasteiger partial charge in [0.05, 0.1) is 10.6 Å². The number of hydrogen-bond donors (Lipinski definition) is 2. The van der Waals surface area contributed by atoms with Crippen LogP contribution in [0.15, 0.2) is 53.4 Å². The monoisotopic (exact) mass is 423 g/mol. The molecule has 7 nitrogen and oxygen atoms in total. The molecule has 1 heterocycles. The highest BCUT2D eigenvalue weighted by Gasteiger charge is 2.35. The van der Waals surface area contributed by atoms with Crippen molar-refractivity contribution in [2.24, 2.45) is 0 Å². The number of hydrogen-bond acceptors (Lipinski definition) is 4. The maximum atomic E-state index is 13.6. The maximum Gasteiger partial charge on any atom is 0.313 e. The van der Waals surface area contributed by atoms with Crippen LogP contribution in [0.1, 0.15) is 12.8 Å². The smallest absolute Gasteiger partial charge is 0.313 e. The first kappa shape index (κ1) is 20.9. The van der Waals surface area contributed by atoms with Crippen molar-refractivity contribution in [1.29, 1.82) is 0 Å². The van der Waals surface area contributed by atoms with Gasteiger partial charge in [-0.1, -0.05) is 18.2 Å². The zero-order chi connectivity index (χ0) is 21.0. The van der Waals surface area contributed by atoms with Gasteiger partial charge in [-0.3, -0.25) is 9.59 Å². The summed E-state index contributed by atoms with van der Waals surface area (Å²) in [6.45, 7) is 0.245. The molecule has 154 valence electrons. The van der Waals surface area contributed by atoms with Crippen LogP contribution in [0, 0.1) is 11.6 Å². The first-order chi connectivity index (χ1) is 13.8. The summed E-state index contributed by atoms with van der Waals surface area (Å²) >= 11 is 0. The van der Waals surface area contributed by atoms with Crippen molar-refractivity contribution < 1.29 is 26.8 Å². The van der Waals surface area contributed by atoms with Gasteiger partial charge in [-0.2, -0.15) is 4.31 Å². The number of carbonyl (C=O) groups is 2. The van der Waals surface area contributed by atoms with E-state index in [2.05, 4.69) is 10.6 Å². The van der Waals surface area contributed by atoms with E-state index in [1.807, 2.05) is 0 Å². The first-order valence-electron chi connectivity index (χ1n) is 8.90. The molecule has 2 amide bonds. The van der Waals surface area contributed by atoms with Crippen molar-refractivity contribution in [2.75, 3.05) is 18.4 Å². The molecule has 0 aliphatic carbocycles. The second kappa shape index (κ2) is 8.66. The molecule has 0 radical (unpaired) electrons. The topological polar surface area (TPSA) is 95.6 Å². The fourth-order valence-electron chi connectivity index (χ4n) is 3.12. The van der Waals surface area contributed by atoms with Gasteiger partial charge < -0.3 is 10.6 Å². The fourth-order valence-corrected chi connectivity index (χ4v) is 4.83. The Morgan fingerprint density at radius 1 is 1.07 bits per heavy atom. The molecule has 1 aliphatic rings. The van der Waals surface area contributed by atoms with Gasteiger partial charge in [0, 0.05) is 25.2 Å². The first-order valence-corrected chi connectivity index (χ1v) is 10.3. The third kappa shape index (κ3) is 4.77. The Morgan fingerprint density at radius 2 is 1.79 bits per heavy atom. The molecule has 0 aromatic heterocycles. The number of carbonyl (C=O) groups excluding carboxylic acids is 2. The highest BCUT2D eigenvalue weighted by Crippen LogP contribution is 2.25. The van der Waals surface area contributed by atoms with E-state index in [4.69, 9.17) is 0 Å². The minimum Gasteiger partial charge on any atom is -0.346 e. The lowest BCUT2D eigenvalue weighted by Crippen LogP contribution is -2.45. The minimum absolute atomic E-state index is 0.0653. The quantitative estimate of drug-likeness (QED) is 0.718. The van der Waals surface area contributed by atoms with Crippen molar-refractivity contribution in [2.45, 2.75) is 23.8 Å². The molecule has 10 heteroatoms. The number of nitrogens with one attached hydrogen (secondary N) is 2. The van der Waals surface area contributed by atoms with Crippen molar-refractivity contribution in [3.63, 3.8) is 0 Å². The molecule has 2 N–H and O–H groups in total. The molecule has 2 aromatic rings. The summed E-state index contributed by atoms with van der Waals surface area (Å²) in [7, 11) is -3.72. The molecule has 29 heavy (non-hydrogen) atoms. The number of anilines is 1. The van der Waals surface area contributed by atoms with E-state index in [9.17, 15) is 26.8 Å². The van der Waals surface area contributed by atoms with Crippen LogP contribution in [0.25, 0.3) is 0 Å². The van der Waals surface area contributed by atoms with E-state index in [1.165, 1.54) is 16.4 Å². The van der Waals surface area contributed by atoms with Crippen molar-refractivity contribution in [3.8, 4) is 0 Å². The van der Waals surface area contributed by atoms with Gasteiger partial charge in [-0.25, -0.2) is 17.2 Å². The van der Waals surface area contributed by atoms with Crippen LogP contribution in [0.3, 0.4) is 0 Å². The standard InChI is InChI=1S/C19H19F2N3O4S/c20-13-8-9-17(16(21)11-13)23-19(26)18(25)22-12-14-5-4-10-24(14)29(27,28)15-6-2-1-3-7-15/h1-3,6-9,11,14H,4-5,10,12H2,(H,22,25)(H,23,26). The van der Waals surface area contributed by atoms with Crippen LogP contribution < -0.4 is 10.6 Å². The van der Waals surface area contributed by atoms with Gasteiger partial charge >= 0.3 is 11.8 Å². The predicted octanol–water partition coefficient (Wildman–Crippen LogP) is 1.87. The van der Waals surface area contributed by atoms with Crippen LogP contribution in [-0.2, 0) is 19.6 Å². The molecule has 0 spiro atoms. The molecule has 1 atom stereocenters. The Bertz CT molecular complexity index is 1020. The molecule has 1 unspecified atom stereocenters. The molecule has 2 aromatic carbocycles. The van der Waals surface area contributed by atoms with Gasteiger partial charge in [0.25, 0.3) is 0 Å². The fraction of sp³-hybridized carbons (Fsp3) is 0.263. The van der Waals surface area contributed by atoms with Crippen molar-refractivity contribution in [1.82, 2.24) is 9.62 Å². The SMILES string of the molecule is O=C(NCC1CCCN1S(=O)(=O)c1ccccc1)C(=O)Nc1ccc(F)cc1F. The molecule has 0 saturated carbocycles. The number of rotatable bonds is 5. The zero-order valence-corrected chi connectivity index (χ0v) is 16.1. The zero-order valence-electron chi connectivity index (χ0n) is 15.3. The molecule has 1 aliphatic heterocycles. The summed E-state index contributed by atoms with van der Waals surface area (Å²) in [4.78, 5) is 24.1. The molecule has 1 saturated heterocycles. The molecular weight excluding hydrogens is 404 g/mol. The maximum absolute atomic E-state index is 13.6. The second-order valence-electron chi connectivity index (χ2n) is 6.51. The van der Waals surface area contributed by atoms with E-state index >= 15 is 0 Å². The molecule has 0 bridgehead atoms. The molecular formula is C19H19F2N3O4S. The summed E-state index contributed by atoms with van der Waals surface area (Å²) in [5, 5.41) is 4.43. The lowest BCUT2D eigenvalue weighted by atomic mass is 10.2. The Hall–Kier alpha value is -2.85. The summed E-state index contributed by atoms with van der Waals surface area (Å²) in [6, 6.07) is 9.98. The van der Waals surface area contributed by atoms with E-state index < -0.39 is 39.5 Å². The lowest BCUT2D eigenvalue weighted by Gasteiger charge is -2.24. The minimum atomic E-state index is -3.72. The van der Waals surface area contributed by atoms with Crippen molar-refractivity contribution in [3.05, 3.63) is 60.2 Å². The van der Waals surface area contributed by atoms with Gasteiger partial charge in [0.15, 0.2) is 0 Å². The van der Waals surface area contributed by atoms with Crippen LogP contribution in [0.4, 0.5) is 14.5 Å². The largest absolute Gasteiger partial charge is 0.346 e. The summed E-state index contributed by atoms with van der Waals surface area (Å²) in [5.74, 6) is -4.00. The number of sulfonamides is 1. The number of halogens is 2. The highest BCUT2D eigenvalue weighted by atomic mass is 32.2. The summed E-state index contributed by atoms with van der Waals surface area (Å²) in [6.07, 6.45) is 1.15. The Balaban J connectivity index is 1.61. The van der Waals surface area contributed by atoms with Gasteiger partial charge in [0.1, 0.15) is 11.6 Å². The summed E-state index contributed by atoms with van der Waals surface area (Å²) < 4.78 is 53.4. The molecule has 3 rings (SSSR count). The Labute approximate surface area is 166 Å².